The topological polar surface area (TPSA) is 65.1 Å². The highest BCUT2D eigenvalue weighted by atomic mass is 16.8. The van der Waals surface area contributed by atoms with Crippen LogP contribution in [0.2, 0.25) is 0 Å². The van der Waals surface area contributed by atoms with Crippen LogP contribution >= 0.6 is 0 Å². The fourth-order valence-corrected chi connectivity index (χ4v) is 2.76. The van der Waals surface area contributed by atoms with Gasteiger partial charge in [0.1, 0.15) is 6.10 Å². The second kappa shape index (κ2) is 5.46. The van der Waals surface area contributed by atoms with Crippen LogP contribution < -0.4 is 0 Å². The molecule has 2 fully saturated rings. The van der Waals surface area contributed by atoms with Gasteiger partial charge in [-0.25, -0.2) is 4.79 Å². The van der Waals surface area contributed by atoms with Gasteiger partial charge >= 0.3 is 5.97 Å². The Labute approximate surface area is 122 Å². The van der Waals surface area contributed by atoms with E-state index in [0.29, 0.717) is 6.54 Å². The summed E-state index contributed by atoms with van der Waals surface area (Å²) < 4.78 is 15.6. The zero-order valence-electron chi connectivity index (χ0n) is 11.9. The van der Waals surface area contributed by atoms with Gasteiger partial charge in [0.15, 0.2) is 6.10 Å². The smallest absolute Gasteiger partial charge is 0.337 e. The second-order valence-electron chi connectivity index (χ2n) is 5.20. The normalized spacial score (nSPS) is 31.3. The maximum absolute atomic E-state index is 12.4. The Hall–Kier alpha value is -1.92. The molecule has 2 aliphatic heterocycles. The van der Waals surface area contributed by atoms with Crippen LogP contribution in [0.4, 0.5) is 0 Å². The molecule has 112 valence electrons. The summed E-state index contributed by atoms with van der Waals surface area (Å²) in [4.78, 5) is 25.8. The highest BCUT2D eigenvalue weighted by Crippen LogP contribution is 2.32. The van der Waals surface area contributed by atoms with Crippen molar-refractivity contribution in [1.29, 1.82) is 0 Å². The number of hydrogen-bond acceptors (Lipinski definition) is 5. The number of carbonyl (C=O) groups is 2. The van der Waals surface area contributed by atoms with E-state index >= 15 is 0 Å². The molecule has 0 radical (unpaired) electrons. The van der Waals surface area contributed by atoms with Crippen LogP contribution in [0.25, 0.3) is 0 Å². The Morgan fingerprint density at radius 1 is 1.29 bits per heavy atom. The van der Waals surface area contributed by atoms with Gasteiger partial charge in [0, 0.05) is 6.54 Å². The van der Waals surface area contributed by atoms with Crippen molar-refractivity contribution in [2.45, 2.75) is 38.0 Å². The van der Waals surface area contributed by atoms with Crippen molar-refractivity contribution in [3.63, 3.8) is 0 Å². The number of benzene rings is 1. The Bertz CT molecular complexity index is 546. The van der Waals surface area contributed by atoms with Crippen molar-refractivity contribution < 1.29 is 23.8 Å². The molecule has 2 aliphatic rings. The standard InChI is InChI=1S/C15H17NO5/c1-9-11-12(14(18)19-2)21-15(20-11)13(17)16(9)8-10-6-4-3-5-7-10/h3-7,9,11-12,15H,8H2,1-2H3/t9-,11-,12+,15+/m0/s1. The molecular formula is C15H17NO5. The SMILES string of the molecule is COC(=O)[C@@H]1O[C@H]2O[C@H]1[C@H](C)N(Cc1ccccc1)C2=O. The number of morpholine rings is 1. The number of ether oxygens (including phenoxy) is 3. The molecule has 0 aromatic heterocycles. The van der Waals surface area contributed by atoms with E-state index in [1.165, 1.54) is 7.11 Å². The number of carbonyl (C=O) groups excluding carboxylic acids is 2. The first-order valence-corrected chi connectivity index (χ1v) is 6.85. The van der Waals surface area contributed by atoms with Gasteiger partial charge in [0.25, 0.3) is 5.91 Å². The molecule has 1 aromatic carbocycles. The van der Waals surface area contributed by atoms with Crippen molar-refractivity contribution in [2.75, 3.05) is 7.11 Å². The van der Waals surface area contributed by atoms with Crippen LogP contribution in [-0.4, -0.2) is 48.4 Å². The predicted octanol–water partition coefficient (Wildman–Crippen LogP) is 0.700. The molecule has 1 amide bonds. The highest BCUT2D eigenvalue weighted by Gasteiger charge is 2.54. The molecule has 0 unspecified atom stereocenters. The lowest BCUT2D eigenvalue weighted by Gasteiger charge is -2.36. The molecule has 0 aliphatic carbocycles. The lowest BCUT2D eigenvalue weighted by molar-refractivity contribution is -0.178. The van der Waals surface area contributed by atoms with Gasteiger partial charge in [-0.05, 0) is 12.5 Å². The van der Waals surface area contributed by atoms with E-state index in [4.69, 9.17) is 14.2 Å². The first-order valence-electron chi connectivity index (χ1n) is 6.85. The highest BCUT2D eigenvalue weighted by molar-refractivity contribution is 5.84. The van der Waals surface area contributed by atoms with E-state index in [2.05, 4.69) is 0 Å². The third kappa shape index (κ3) is 2.41. The van der Waals surface area contributed by atoms with Crippen molar-refractivity contribution in [1.82, 2.24) is 4.90 Å². The van der Waals surface area contributed by atoms with Gasteiger partial charge < -0.3 is 19.1 Å². The number of rotatable bonds is 3. The summed E-state index contributed by atoms with van der Waals surface area (Å²) in [5.74, 6) is -0.766. The maximum atomic E-state index is 12.4. The van der Waals surface area contributed by atoms with Crippen LogP contribution in [0.5, 0.6) is 0 Å². The monoisotopic (exact) mass is 291 g/mol. The largest absolute Gasteiger partial charge is 0.467 e. The molecule has 6 heteroatoms. The molecule has 1 aromatic rings. The van der Waals surface area contributed by atoms with Crippen molar-refractivity contribution in [2.24, 2.45) is 0 Å². The first kappa shape index (κ1) is 14.0. The lowest BCUT2D eigenvalue weighted by atomic mass is 10.0. The van der Waals surface area contributed by atoms with Crippen molar-refractivity contribution >= 4 is 11.9 Å². The van der Waals surface area contributed by atoms with E-state index in [-0.39, 0.29) is 11.9 Å². The van der Waals surface area contributed by atoms with Gasteiger partial charge in [-0.2, -0.15) is 0 Å². The van der Waals surface area contributed by atoms with E-state index < -0.39 is 24.5 Å². The molecular weight excluding hydrogens is 274 g/mol. The molecule has 0 spiro atoms. The summed E-state index contributed by atoms with van der Waals surface area (Å²) in [6.07, 6.45) is -2.36. The molecule has 6 nitrogen and oxygen atoms in total. The Balaban J connectivity index is 1.81. The summed E-state index contributed by atoms with van der Waals surface area (Å²) >= 11 is 0. The van der Waals surface area contributed by atoms with Gasteiger partial charge in [-0.1, -0.05) is 30.3 Å². The minimum Gasteiger partial charge on any atom is -0.467 e. The lowest BCUT2D eigenvalue weighted by Crippen LogP contribution is -2.54. The van der Waals surface area contributed by atoms with E-state index in [0.717, 1.165) is 5.56 Å². The van der Waals surface area contributed by atoms with E-state index in [9.17, 15) is 9.59 Å². The molecule has 2 heterocycles. The summed E-state index contributed by atoms with van der Waals surface area (Å²) in [6.45, 7) is 2.32. The third-order valence-corrected chi connectivity index (χ3v) is 3.93. The van der Waals surface area contributed by atoms with Crippen LogP contribution in [-0.2, 0) is 30.3 Å². The van der Waals surface area contributed by atoms with Crippen LogP contribution in [0.3, 0.4) is 0 Å². The number of hydrogen-bond donors (Lipinski definition) is 0. The zero-order valence-corrected chi connectivity index (χ0v) is 11.9. The van der Waals surface area contributed by atoms with Crippen LogP contribution in [0.1, 0.15) is 12.5 Å². The number of fused-ring (bicyclic) bond motifs is 2. The first-order chi connectivity index (χ1) is 10.1. The summed E-state index contributed by atoms with van der Waals surface area (Å²) in [6, 6.07) is 9.42. The predicted molar refractivity (Wildman–Crippen MR) is 72.0 cm³/mol. The minimum atomic E-state index is -1.01. The zero-order chi connectivity index (χ0) is 15.0. The fraction of sp³-hybridized carbons (Fsp3) is 0.467. The Morgan fingerprint density at radius 3 is 2.67 bits per heavy atom. The summed E-state index contributed by atoms with van der Waals surface area (Å²) in [5.41, 5.74) is 1.02. The van der Waals surface area contributed by atoms with Gasteiger partial charge in [0.05, 0.1) is 13.2 Å². The Morgan fingerprint density at radius 2 is 2.00 bits per heavy atom. The number of esters is 1. The van der Waals surface area contributed by atoms with E-state index in [1.807, 2.05) is 37.3 Å². The molecule has 3 rings (SSSR count). The van der Waals surface area contributed by atoms with Crippen LogP contribution in [0, 0.1) is 0 Å². The third-order valence-electron chi connectivity index (χ3n) is 3.93. The van der Waals surface area contributed by atoms with E-state index in [1.54, 1.807) is 4.90 Å². The summed E-state index contributed by atoms with van der Waals surface area (Å²) in [5, 5.41) is 0. The number of amides is 1. The van der Waals surface area contributed by atoms with Crippen molar-refractivity contribution in [3.05, 3.63) is 35.9 Å². The second-order valence-corrected chi connectivity index (χ2v) is 5.20. The quantitative estimate of drug-likeness (QED) is 0.767. The summed E-state index contributed by atoms with van der Waals surface area (Å²) in [7, 11) is 1.29. The van der Waals surface area contributed by atoms with Crippen LogP contribution in [0.15, 0.2) is 30.3 Å². The minimum absolute atomic E-state index is 0.256. The average molecular weight is 291 g/mol. The maximum Gasteiger partial charge on any atom is 0.337 e. The molecule has 2 saturated heterocycles. The molecule has 4 atom stereocenters. The Kier molecular flexibility index (Phi) is 3.65. The van der Waals surface area contributed by atoms with Gasteiger partial charge in [0.2, 0.25) is 6.29 Å². The molecule has 0 N–H and O–H groups in total. The van der Waals surface area contributed by atoms with Gasteiger partial charge in [-0.3, -0.25) is 4.79 Å². The molecule has 2 bridgehead atoms. The molecule has 21 heavy (non-hydrogen) atoms. The number of nitrogens with zero attached hydrogens (tertiary/aromatic N) is 1. The average Bonchev–Trinajstić information content (AvgIpc) is 2.92. The number of methoxy groups -OCH3 is 1. The molecule has 0 saturated carbocycles. The van der Waals surface area contributed by atoms with Gasteiger partial charge in [-0.15, -0.1) is 0 Å². The fourth-order valence-electron chi connectivity index (χ4n) is 2.76. The van der Waals surface area contributed by atoms with Crippen molar-refractivity contribution in [3.8, 4) is 0 Å².